The summed E-state index contributed by atoms with van der Waals surface area (Å²) in [7, 11) is 0. The first-order chi connectivity index (χ1) is 11.5. The van der Waals surface area contributed by atoms with E-state index >= 15 is 0 Å². The van der Waals surface area contributed by atoms with Crippen molar-refractivity contribution in [2.24, 2.45) is 0 Å². The van der Waals surface area contributed by atoms with Crippen LogP contribution in [0.15, 0.2) is 30.6 Å². The van der Waals surface area contributed by atoms with E-state index in [-0.39, 0.29) is 24.7 Å². The minimum Gasteiger partial charge on any atom is -0.452 e. The third kappa shape index (κ3) is 3.68. The van der Waals surface area contributed by atoms with Gasteiger partial charge in [0.2, 0.25) is 0 Å². The fourth-order valence-electron chi connectivity index (χ4n) is 2.77. The molecule has 24 heavy (non-hydrogen) atoms. The summed E-state index contributed by atoms with van der Waals surface area (Å²) >= 11 is 0. The molecule has 3 rings (SSSR count). The molecule has 0 saturated carbocycles. The Bertz CT molecular complexity index is 754. The van der Waals surface area contributed by atoms with E-state index < -0.39 is 5.97 Å². The van der Waals surface area contributed by atoms with Gasteiger partial charge in [-0.3, -0.25) is 14.8 Å². The van der Waals surface area contributed by atoms with Gasteiger partial charge in [-0.25, -0.2) is 4.79 Å². The zero-order valence-corrected chi connectivity index (χ0v) is 13.6. The van der Waals surface area contributed by atoms with Crippen molar-refractivity contribution >= 4 is 22.9 Å². The van der Waals surface area contributed by atoms with E-state index in [2.05, 4.69) is 9.97 Å². The molecule has 0 N–H and O–H groups in total. The molecular weight excluding hydrogens is 310 g/mol. The number of ether oxygens (including phenoxy) is 2. The number of hydrogen-bond acceptors (Lipinski definition) is 6. The van der Waals surface area contributed by atoms with E-state index in [9.17, 15) is 9.59 Å². The molecule has 0 radical (unpaired) electrons. The van der Waals surface area contributed by atoms with Gasteiger partial charge in [-0.05, 0) is 32.0 Å². The Morgan fingerprint density at radius 3 is 2.54 bits per heavy atom. The minimum absolute atomic E-state index is 0.0209. The molecule has 126 valence electrons. The summed E-state index contributed by atoms with van der Waals surface area (Å²) in [6.07, 6.45) is 3.10. The summed E-state index contributed by atoms with van der Waals surface area (Å²) < 4.78 is 10.7. The number of carbonyl (C=O) groups excluding carboxylic acids is 2. The van der Waals surface area contributed by atoms with Gasteiger partial charge in [0.05, 0.1) is 28.8 Å². The molecule has 1 aromatic heterocycles. The van der Waals surface area contributed by atoms with Crippen LogP contribution in [0.4, 0.5) is 0 Å². The molecular formula is C17H19N3O4. The lowest BCUT2D eigenvalue weighted by Gasteiger charge is -2.35. The van der Waals surface area contributed by atoms with Crippen LogP contribution in [-0.2, 0) is 14.3 Å². The quantitative estimate of drug-likeness (QED) is 0.792. The fraction of sp³-hybridized carbons (Fsp3) is 0.412. The molecule has 0 spiro atoms. The molecule has 2 aromatic rings. The van der Waals surface area contributed by atoms with E-state index in [4.69, 9.17) is 9.47 Å². The number of hydrogen-bond donors (Lipinski definition) is 0. The van der Waals surface area contributed by atoms with Gasteiger partial charge in [0, 0.05) is 25.5 Å². The van der Waals surface area contributed by atoms with Crippen molar-refractivity contribution in [2.45, 2.75) is 26.1 Å². The monoisotopic (exact) mass is 329 g/mol. The Balaban J connectivity index is 1.60. The Hall–Kier alpha value is -2.54. The van der Waals surface area contributed by atoms with Crippen molar-refractivity contribution in [2.75, 3.05) is 19.7 Å². The zero-order valence-electron chi connectivity index (χ0n) is 13.6. The van der Waals surface area contributed by atoms with Gasteiger partial charge >= 0.3 is 5.97 Å². The Kier molecular flexibility index (Phi) is 4.71. The summed E-state index contributed by atoms with van der Waals surface area (Å²) in [5.74, 6) is -0.767. The summed E-state index contributed by atoms with van der Waals surface area (Å²) in [5.41, 5.74) is 1.65. The predicted molar refractivity (Wildman–Crippen MR) is 86.4 cm³/mol. The molecule has 7 heteroatoms. The topological polar surface area (TPSA) is 81.6 Å². The first-order valence-electron chi connectivity index (χ1n) is 7.84. The maximum absolute atomic E-state index is 12.2. The van der Waals surface area contributed by atoms with Gasteiger partial charge in [-0.2, -0.15) is 0 Å². The molecule has 7 nitrogen and oxygen atoms in total. The largest absolute Gasteiger partial charge is 0.452 e. The van der Waals surface area contributed by atoms with E-state index in [1.165, 1.54) is 0 Å². The van der Waals surface area contributed by atoms with Gasteiger partial charge in [0.15, 0.2) is 6.61 Å². The SMILES string of the molecule is C[C@@H]1CN(C(=O)COC(=O)c2ccc3nccnc3c2)C[C@H](C)O1. The first kappa shape index (κ1) is 16.3. The van der Waals surface area contributed by atoms with Gasteiger partial charge in [0.25, 0.3) is 5.91 Å². The number of carbonyl (C=O) groups is 2. The number of nitrogens with zero attached hydrogens (tertiary/aromatic N) is 3. The van der Waals surface area contributed by atoms with E-state index in [0.29, 0.717) is 29.7 Å². The third-order valence-corrected chi connectivity index (χ3v) is 3.80. The summed E-state index contributed by atoms with van der Waals surface area (Å²) in [6.45, 7) is 4.56. The van der Waals surface area contributed by atoms with Crippen molar-refractivity contribution in [3.63, 3.8) is 0 Å². The van der Waals surface area contributed by atoms with Crippen LogP contribution in [-0.4, -0.2) is 58.6 Å². The molecule has 0 unspecified atom stereocenters. The molecule has 1 saturated heterocycles. The van der Waals surface area contributed by atoms with Gasteiger partial charge in [-0.15, -0.1) is 0 Å². The van der Waals surface area contributed by atoms with Crippen molar-refractivity contribution in [3.05, 3.63) is 36.2 Å². The third-order valence-electron chi connectivity index (χ3n) is 3.80. The number of aromatic nitrogens is 2. The smallest absolute Gasteiger partial charge is 0.338 e. The summed E-state index contributed by atoms with van der Waals surface area (Å²) in [4.78, 5) is 34.3. The second kappa shape index (κ2) is 6.92. The highest BCUT2D eigenvalue weighted by molar-refractivity contribution is 5.94. The van der Waals surface area contributed by atoms with Gasteiger partial charge in [0.1, 0.15) is 0 Å². The number of esters is 1. The number of fused-ring (bicyclic) bond motifs is 1. The average Bonchev–Trinajstić information content (AvgIpc) is 2.58. The van der Waals surface area contributed by atoms with Crippen molar-refractivity contribution in [1.82, 2.24) is 14.9 Å². The van der Waals surface area contributed by atoms with Crippen LogP contribution < -0.4 is 0 Å². The van der Waals surface area contributed by atoms with Crippen molar-refractivity contribution in [3.8, 4) is 0 Å². The molecule has 1 aliphatic rings. The fourth-order valence-corrected chi connectivity index (χ4v) is 2.77. The molecule has 1 aromatic carbocycles. The highest BCUT2D eigenvalue weighted by Gasteiger charge is 2.26. The summed E-state index contributed by atoms with van der Waals surface area (Å²) in [6, 6.07) is 4.92. The van der Waals surface area contributed by atoms with Crippen LogP contribution in [0.3, 0.4) is 0 Å². The lowest BCUT2D eigenvalue weighted by molar-refractivity contribution is -0.146. The van der Waals surface area contributed by atoms with Crippen molar-refractivity contribution < 1.29 is 19.1 Å². The first-order valence-corrected chi connectivity index (χ1v) is 7.84. The van der Waals surface area contributed by atoms with E-state index in [1.807, 2.05) is 13.8 Å². The van der Waals surface area contributed by atoms with E-state index in [0.717, 1.165) is 0 Å². The van der Waals surface area contributed by atoms with Crippen LogP contribution >= 0.6 is 0 Å². The molecule has 2 heterocycles. The Labute approximate surface area is 139 Å². The zero-order chi connectivity index (χ0) is 17.1. The molecule has 0 bridgehead atoms. The molecule has 1 amide bonds. The van der Waals surface area contributed by atoms with Gasteiger partial charge < -0.3 is 14.4 Å². The molecule has 1 aliphatic heterocycles. The second-order valence-electron chi connectivity index (χ2n) is 5.89. The Morgan fingerprint density at radius 1 is 1.17 bits per heavy atom. The average molecular weight is 329 g/mol. The van der Waals surface area contributed by atoms with Crippen LogP contribution in [0.1, 0.15) is 24.2 Å². The number of morpholine rings is 1. The Morgan fingerprint density at radius 2 is 1.83 bits per heavy atom. The predicted octanol–water partition coefficient (Wildman–Crippen LogP) is 1.42. The molecule has 0 aliphatic carbocycles. The number of benzene rings is 1. The number of amides is 1. The lowest BCUT2D eigenvalue weighted by atomic mass is 10.2. The summed E-state index contributed by atoms with van der Waals surface area (Å²) in [5, 5.41) is 0. The van der Waals surface area contributed by atoms with Gasteiger partial charge in [-0.1, -0.05) is 0 Å². The van der Waals surface area contributed by atoms with Crippen LogP contribution in [0, 0.1) is 0 Å². The van der Waals surface area contributed by atoms with Crippen LogP contribution in [0.2, 0.25) is 0 Å². The minimum atomic E-state index is -0.551. The lowest BCUT2D eigenvalue weighted by Crippen LogP contribution is -2.49. The maximum atomic E-state index is 12.2. The van der Waals surface area contributed by atoms with E-state index in [1.54, 1.807) is 35.5 Å². The highest BCUT2D eigenvalue weighted by Crippen LogP contribution is 2.13. The number of rotatable bonds is 3. The van der Waals surface area contributed by atoms with Crippen molar-refractivity contribution in [1.29, 1.82) is 0 Å². The normalized spacial score (nSPS) is 20.8. The second-order valence-corrected chi connectivity index (χ2v) is 5.89. The standard InChI is InChI=1S/C17H19N3O4/c1-11-8-20(9-12(2)24-11)16(21)10-23-17(22)13-3-4-14-15(7-13)19-6-5-18-14/h3-7,11-12H,8-10H2,1-2H3/t11-,12+. The van der Waals surface area contributed by atoms with Crippen LogP contribution in [0.5, 0.6) is 0 Å². The maximum Gasteiger partial charge on any atom is 0.338 e. The van der Waals surface area contributed by atoms with Crippen LogP contribution in [0.25, 0.3) is 11.0 Å². The molecule has 1 fully saturated rings. The highest BCUT2D eigenvalue weighted by atomic mass is 16.5. The molecule has 2 atom stereocenters.